The van der Waals surface area contributed by atoms with Crippen molar-refractivity contribution in [1.82, 2.24) is 14.6 Å². The van der Waals surface area contributed by atoms with E-state index in [1.165, 1.54) is 11.8 Å². The van der Waals surface area contributed by atoms with Gasteiger partial charge < -0.3 is 9.47 Å². The normalized spacial score (nSPS) is 12.7. The number of nitrogens with zero attached hydrogens (tertiary/aromatic N) is 3. The molecule has 0 unspecified atom stereocenters. The van der Waals surface area contributed by atoms with Gasteiger partial charge in [0.25, 0.3) is 0 Å². The lowest BCUT2D eigenvalue weighted by molar-refractivity contribution is 0.0311. The molecule has 0 saturated carbocycles. The third kappa shape index (κ3) is 3.31. The van der Waals surface area contributed by atoms with Crippen molar-refractivity contribution in [3.63, 3.8) is 0 Å². The van der Waals surface area contributed by atoms with Crippen molar-refractivity contribution in [3.8, 4) is 0 Å². The van der Waals surface area contributed by atoms with Gasteiger partial charge in [0.2, 0.25) is 0 Å². The molecule has 0 bridgehead atoms. The molecule has 0 saturated heterocycles. The first-order valence-electron chi connectivity index (χ1n) is 7.73. The fourth-order valence-corrected chi connectivity index (χ4v) is 3.29. The molecular formula is C17H19N3O3S. The highest BCUT2D eigenvalue weighted by molar-refractivity contribution is 7.99. The second-order valence-corrected chi connectivity index (χ2v) is 7.01. The number of carbonyl (C=O) groups is 1. The summed E-state index contributed by atoms with van der Waals surface area (Å²) in [5.74, 6) is 0. The molecule has 24 heavy (non-hydrogen) atoms. The van der Waals surface area contributed by atoms with E-state index in [-0.39, 0.29) is 6.10 Å². The van der Waals surface area contributed by atoms with Crippen molar-refractivity contribution in [1.29, 1.82) is 0 Å². The van der Waals surface area contributed by atoms with Crippen LogP contribution in [0.3, 0.4) is 0 Å². The van der Waals surface area contributed by atoms with E-state index in [0.717, 1.165) is 22.1 Å². The number of carbonyl (C=O) groups excluding carboxylic acids is 1. The van der Waals surface area contributed by atoms with Gasteiger partial charge >= 0.3 is 6.16 Å². The van der Waals surface area contributed by atoms with Gasteiger partial charge in [0.1, 0.15) is 0 Å². The van der Waals surface area contributed by atoms with Crippen LogP contribution in [0.2, 0.25) is 0 Å². The van der Waals surface area contributed by atoms with E-state index in [1.54, 1.807) is 20.8 Å². The Labute approximate surface area is 144 Å². The molecule has 0 aliphatic carbocycles. The van der Waals surface area contributed by atoms with Crippen molar-refractivity contribution in [2.75, 3.05) is 0 Å². The average molecular weight is 345 g/mol. The Bertz CT molecular complexity index is 891. The molecule has 7 heteroatoms. The molecule has 0 aliphatic rings. The molecule has 0 aliphatic heterocycles. The number of thioether (sulfide) groups is 1. The minimum atomic E-state index is -0.681. The summed E-state index contributed by atoms with van der Waals surface area (Å²) in [5, 5.41) is 10.3. The summed E-state index contributed by atoms with van der Waals surface area (Å²) in [4.78, 5) is 11.6. The fourth-order valence-electron chi connectivity index (χ4n) is 2.48. The Balaban J connectivity index is 1.90. The largest absolute Gasteiger partial charge is 0.509 e. The van der Waals surface area contributed by atoms with Crippen LogP contribution in [0.25, 0.3) is 16.6 Å². The number of hydrogen-bond acceptors (Lipinski definition) is 6. The van der Waals surface area contributed by atoms with E-state index in [9.17, 15) is 4.79 Å². The molecule has 1 aromatic carbocycles. The SMILES string of the molecule is Cc1cc2nnc(S[C@H](C)OC(=O)OC(C)C)n2c2ccccc12. The third-order valence-electron chi connectivity index (χ3n) is 3.44. The smallest absolute Gasteiger partial charge is 0.432 e. The van der Waals surface area contributed by atoms with Gasteiger partial charge in [-0.1, -0.05) is 18.2 Å². The first-order chi connectivity index (χ1) is 11.5. The van der Waals surface area contributed by atoms with Gasteiger partial charge in [-0.2, -0.15) is 0 Å². The molecular weight excluding hydrogens is 326 g/mol. The van der Waals surface area contributed by atoms with Crippen molar-refractivity contribution < 1.29 is 14.3 Å². The van der Waals surface area contributed by atoms with E-state index >= 15 is 0 Å². The Morgan fingerprint density at radius 2 is 1.92 bits per heavy atom. The lowest BCUT2D eigenvalue weighted by Gasteiger charge is -2.14. The topological polar surface area (TPSA) is 65.7 Å². The Morgan fingerprint density at radius 3 is 2.67 bits per heavy atom. The summed E-state index contributed by atoms with van der Waals surface area (Å²) in [6, 6.07) is 10.1. The number of aryl methyl sites for hydroxylation is 1. The highest BCUT2D eigenvalue weighted by Crippen LogP contribution is 2.28. The van der Waals surface area contributed by atoms with Crippen LogP contribution in [0.15, 0.2) is 35.5 Å². The van der Waals surface area contributed by atoms with E-state index in [0.29, 0.717) is 5.16 Å². The number of aromatic nitrogens is 3. The molecule has 3 aromatic rings. The van der Waals surface area contributed by atoms with Crippen molar-refractivity contribution >= 4 is 34.5 Å². The number of ether oxygens (including phenoxy) is 2. The van der Waals surface area contributed by atoms with Crippen LogP contribution in [-0.4, -0.2) is 32.3 Å². The Hall–Kier alpha value is -2.28. The quantitative estimate of drug-likeness (QED) is 0.401. The maximum absolute atomic E-state index is 11.6. The van der Waals surface area contributed by atoms with E-state index < -0.39 is 11.6 Å². The number of hydrogen-bond donors (Lipinski definition) is 0. The molecule has 0 amide bonds. The van der Waals surface area contributed by atoms with Gasteiger partial charge in [-0.3, -0.25) is 4.40 Å². The van der Waals surface area contributed by atoms with E-state index in [4.69, 9.17) is 9.47 Å². The van der Waals surface area contributed by atoms with Gasteiger partial charge in [0, 0.05) is 5.39 Å². The van der Waals surface area contributed by atoms with Gasteiger partial charge in [-0.25, -0.2) is 4.79 Å². The predicted octanol–water partition coefficient (Wildman–Crippen LogP) is 4.19. The van der Waals surface area contributed by atoms with Crippen LogP contribution in [0.4, 0.5) is 4.79 Å². The summed E-state index contributed by atoms with van der Waals surface area (Å²) < 4.78 is 12.2. The maximum atomic E-state index is 11.6. The molecule has 0 spiro atoms. The molecule has 0 fully saturated rings. The van der Waals surface area contributed by atoms with Crippen LogP contribution in [-0.2, 0) is 9.47 Å². The molecule has 6 nitrogen and oxygen atoms in total. The summed E-state index contributed by atoms with van der Waals surface area (Å²) >= 11 is 1.32. The molecule has 2 aromatic heterocycles. The van der Waals surface area contributed by atoms with E-state index in [2.05, 4.69) is 23.2 Å². The van der Waals surface area contributed by atoms with Crippen LogP contribution < -0.4 is 0 Å². The lowest BCUT2D eigenvalue weighted by Crippen LogP contribution is -2.17. The summed E-state index contributed by atoms with van der Waals surface area (Å²) in [6.07, 6.45) is -0.893. The molecule has 3 rings (SSSR count). The second-order valence-electron chi connectivity index (χ2n) is 5.74. The second kappa shape index (κ2) is 6.68. The van der Waals surface area contributed by atoms with Crippen molar-refractivity contribution in [2.24, 2.45) is 0 Å². The first-order valence-corrected chi connectivity index (χ1v) is 8.61. The molecule has 126 valence electrons. The summed E-state index contributed by atoms with van der Waals surface area (Å²) in [7, 11) is 0. The van der Waals surface area contributed by atoms with Crippen molar-refractivity contribution in [3.05, 3.63) is 35.9 Å². The first kappa shape index (κ1) is 16.6. The number of pyridine rings is 1. The molecule has 1 atom stereocenters. The fraction of sp³-hybridized carbons (Fsp3) is 0.353. The minimum Gasteiger partial charge on any atom is -0.432 e. The van der Waals surface area contributed by atoms with E-state index in [1.807, 2.05) is 28.7 Å². The monoisotopic (exact) mass is 345 g/mol. The zero-order valence-electron chi connectivity index (χ0n) is 14.0. The number of rotatable bonds is 4. The summed E-state index contributed by atoms with van der Waals surface area (Å²) in [6.45, 7) is 7.39. The molecule has 0 N–H and O–H groups in total. The number of fused-ring (bicyclic) bond motifs is 3. The standard InChI is InChI=1S/C17H19N3O3S/c1-10(2)22-17(21)23-12(4)24-16-19-18-15-9-11(3)13-7-5-6-8-14(13)20(15)16/h5-10,12H,1-4H3/t12-/m1/s1. The zero-order chi connectivity index (χ0) is 17.3. The number of benzene rings is 1. The minimum absolute atomic E-state index is 0.212. The van der Waals surface area contributed by atoms with Crippen LogP contribution in [0.1, 0.15) is 26.3 Å². The predicted molar refractivity (Wildman–Crippen MR) is 93.3 cm³/mol. The van der Waals surface area contributed by atoms with Gasteiger partial charge in [-0.15, -0.1) is 10.2 Å². The highest BCUT2D eigenvalue weighted by Gasteiger charge is 2.18. The third-order valence-corrected chi connectivity index (χ3v) is 4.34. The van der Waals surface area contributed by atoms with Crippen LogP contribution in [0, 0.1) is 6.92 Å². The molecule has 0 radical (unpaired) electrons. The van der Waals surface area contributed by atoms with Crippen molar-refractivity contribution in [2.45, 2.75) is 44.4 Å². The zero-order valence-corrected chi connectivity index (χ0v) is 14.8. The highest BCUT2D eigenvalue weighted by atomic mass is 32.2. The molecule has 2 heterocycles. The van der Waals surface area contributed by atoms with Gasteiger partial charge in [0.15, 0.2) is 16.2 Å². The Kier molecular flexibility index (Phi) is 4.62. The lowest BCUT2D eigenvalue weighted by atomic mass is 10.1. The van der Waals surface area contributed by atoms with Crippen LogP contribution >= 0.6 is 11.8 Å². The maximum Gasteiger partial charge on any atom is 0.509 e. The average Bonchev–Trinajstić information content (AvgIpc) is 2.89. The Morgan fingerprint density at radius 1 is 1.17 bits per heavy atom. The number of para-hydroxylation sites is 1. The van der Waals surface area contributed by atoms with Crippen LogP contribution in [0.5, 0.6) is 0 Å². The summed E-state index contributed by atoms with van der Waals surface area (Å²) in [5.41, 5.74) is 2.50. The van der Waals surface area contributed by atoms with Gasteiger partial charge in [0.05, 0.1) is 11.6 Å². The van der Waals surface area contributed by atoms with Gasteiger partial charge in [-0.05, 0) is 57.2 Å².